The van der Waals surface area contributed by atoms with Crippen molar-refractivity contribution in [1.29, 1.82) is 0 Å². The quantitative estimate of drug-likeness (QED) is 0.759. The number of para-hydroxylation sites is 1. The van der Waals surface area contributed by atoms with Gasteiger partial charge in [0.1, 0.15) is 11.3 Å². The summed E-state index contributed by atoms with van der Waals surface area (Å²) < 4.78 is 6.91. The molecule has 23 heavy (non-hydrogen) atoms. The van der Waals surface area contributed by atoms with Crippen molar-refractivity contribution in [3.05, 3.63) is 52.1 Å². The van der Waals surface area contributed by atoms with Gasteiger partial charge in [-0.2, -0.15) is 5.10 Å². The summed E-state index contributed by atoms with van der Waals surface area (Å²) in [6.07, 6.45) is 1.58. The number of H-pyrrole nitrogens is 2. The highest BCUT2D eigenvalue weighted by atomic mass is 16.6. The Labute approximate surface area is 132 Å². The number of nitrogens with one attached hydrogen (secondary N) is 2. The van der Waals surface area contributed by atoms with Crippen molar-refractivity contribution in [3.8, 4) is 0 Å². The number of hydrogen-bond donors (Lipinski definition) is 2. The molecule has 2 aromatic heterocycles. The maximum atomic E-state index is 12.4. The van der Waals surface area contributed by atoms with Crippen LogP contribution in [0.5, 0.6) is 0 Å². The lowest BCUT2D eigenvalue weighted by Crippen LogP contribution is -2.26. The van der Waals surface area contributed by atoms with E-state index in [1.165, 1.54) is 4.57 Å². The maximum absolute atomic E-state index is 12.4. The molecule has 2 N–H and O–H groups in total. The van der Waals surface area contributed by atoms with Crippen LogP contribution in [0.3, 0.4) is 0 Å². The largest absolute Gasteiger partial charge is 0.443 e. The van der Waals surface area contributed by atoms with E-state index in [0.29, 0.717) is 12.1 Å². The SMILES string of the molecule is CC(C)(C)OC(=O)n1cc(Cc2n[nH][nH]c2=O)c2ccccc21. The van der Waals surface area contributed by atoms with Gasteiger partial charge in [0.25, 0.3) is 5.56 Å². The molecular weight excluding hydrogens is 296 g/mol. The second-order valence-electron chi connectivity index (χ2n) is 6.32. The van der Waals surface area contributed by atoms with E-state index in [-0.39, 0.29) is 5.56 Å². The van der Waals surface area contributed by atoms with E-state index in [0.717, 1.165) is 16.5 Å². The Balaban J connectivity index is 2.05. The van der Waals surface area contributed by atoms with Crippen LogP contribution in [0.2, 0.25) is 0 Å². The summed E-state index contributed by atoms with van der Waals surface area (Å²) in [4.78, 5) is 24.0. The first-order valence-corrected chi connectivity index (χ1v) is 7.29. The Morgan fingerprint density at radius 3 is 2.70 bits per heavy atom. The smallest absolute Gasteiger partial charge is 0.419 e. The first-order valence-electron chi connectivity index (χ1n) is 7.29. The number of aromatic nitrogens is 4. The van der Waals surface area contributed by atoms with Crippen LogP contribution in [0.1, 0.15) is 32.0 Å². The molecule has 0 fully saturated rings. The van der Waals surface area contributed by atoms with Crippen molar-refractivity contribution in [2.75, 3.05) is 0 Å². The number of ether oxygens (including phenoxy) is 1. The van der Waals surface area contributed by atoms with Gasteiger partial charge in [-0.15, -0.1) is 0 Å². The monoisotopic (exact) mass is 314 g/mol. The fourth-order valence-electron chi connectivity index (χ4n) is 2.42. The third-order valence-electron chi connectivity index (χ3n) is 3.36. The van der Waals surface area contributed by atoms with Gasteiger partial charge in [-0.3, -0.25) is 9.36 Å². The topological polar surface area (TPSA) is 92.8 Å². The van der Waals surface area contributed by atoms with Gasteiger partial charge in [-0.25, -0.2) is 15.1 Å². The molecule has 0 radical (unpaired) electrons. The summed E-state index contributed by atoms with van der Waals surface area (Å²) in [5, 5.41) is 9.65. The molecule has 120 valence electrons. The van der Waals surface area contributed by atoms with Crippen LogP contribution in [0, 0.1) is 0 Å². The van der Waals surface area contributed by atoms with E-state index < -0.39 is 11.7 Å². The first kappa shape index (κ1) is 15.1. The van der Waals surface area contributed by atoms with Gasteiger partial charge in [-0.05, 0) is 32.4 Å². The Kier molecular flexibility index (Phi) is 3.55. The van der Waals surface area contributed by atoms with Crippen LogP contribution in [0.4, 0.5) is 4.79 Å². The molecule has 0 aliphatic rings. The van der Waals surface area contributed by atoms with Crippen LogP contribution in [-0.2, 0) is 11.2 Å². The molecule has 0 spiro atoms. The summed E-state index contributed by atoms with van der Waals surface area (Å²) in [5.41, 5.74) is 1.10. The molecular formula is C16H18N4O3. The summed E-state index contributed by atoms with van der Waals surface area (Å²) in [6, 6.07) is 7.50. The van der Waals surface area contributed by atoms with E-state index in [1.54, 1.807) is 6.20 Å². The number of hydrogen-bond acceptors (Lipinski definition) is 4. The second kappa shape index (κ2) is 5.42. The third kappa shape index (κ3) is 3.03. The normalized spacial score (nSPS) is 11.8. The van der Waals surface area contributed by atoms with Crippen molar-refractivity contribution >= 4 is 17.0 Å². The maximum Gasteiger partial charge on any atom is 0.419 e. The molecule has 0 unspecified atom stereocenters. The Morgan fingerprint density at radius 1 is 1.30 bits per heavy atom. The predicted octanol–water partition coefficient (Wildman–Crippen LogP) is 2.43. The minimum atomic E-state index is -0.581. The molecule has 7 heteroatoms. The van der Waals surface area contributed by atoms with Crippen LogP contribution < -0.4 is 5.56 Å². The van der Waals surface area contributed by atoms with E-state index in [4.69, 9.17) is 4.74 Å². The van der Waals surface area contributed by atoms with Crippen molar-refractivity contribution in [2.45, 2.75) is 32.8 Å². The number of rotatable bonds is 2. The zero-order valence-corrected chi connectivity index (χ0v) is 13.2. The van der Waals surface area contributed by atoms with Crippen molar-refractivity contribution in [2.24, 2.45) is 0 Å². The molecule has 0 amide bonds. The minimum absolute atomic E-state index is 0.265. The highest BCUT2D eigenvalue weighted by Crippen LogP contribution is 2.24. The van der Waals surface area contributed by atoms with Gasteiger partial charge in [0.15, 0.2) is 0 Å². The van der Waals surface area contributed by atoms with Crippen molar-refractivity contribution in [1.82, 2.24) is 20.0 Å². The lowest BCUT2D eigenvalue weighted by Gasteiger charge is -2.19. The van der Waals surface area contributed by atoms with Gasteiger partial charge in [0.2, 0.25) is 0 Å². The van der Waals surface area contributed by atoms with Gasteiger partial charge >= 0.3 is 6.09 Å². The van der Waals surface area contributed by atoms with Gasteiger partial charge in [0.05, 0.1) is 5.52 Å². The Morgan fingerprint density at radius 2 is 2.04 bits per heavy atom. The third-order valence-corrected chi connectivity index (χ3v) is 3.36. The van der Waals surface area contributed by atoms with Crippen LogP contribution in [0.25, 0.3) is 10.9 Å². The molecule has 0 aliphatic carbocycles. The van der Waals surface area contributed by atoms with E-state index in [2.05, 4.69) is 15.4 Å². The van der Waals surface area contributed by atoms with E-state index in [9.17, 15) is 9.59 Å². The highest BCUT2D eigenvalue weighted by molar-refractivity contribution is 5.92. The van der Waals surface area contributed by atoms with E-state index in [1.807, 2.05) is 45.0 Å². The molecule has 3 aromatic rings. The number of carbonyl (C=O) groups excluding carboxylic acids is 1. The Hall–Kier alpha value is -2.83. The zero-order chi connectivity index (χ0) is 16.6. The van der Waals surface area contributed by atoms with Gasteiger partial charge in [-0.1, -0.05) is 18.2 Å². The predicted molar refractivity (Wildman–Crippen MR) is 85.6 cm³/mol. The second-order valence-corrected chi connectivity index (χ2v) is 6.32. The molecule has 3 rings (SSSR count). The number of fused-ring (bicyclic) bond motifs is 1. The van der Waals surface area contributed by atoms with Crippen LogP contribution in [0.15, 0.2) is 35.3 Å². The first-order chi connectivity index (χ1) is 10.8. The van der Waals surface area contributed by atoms with Crippen molar-refractivity contribution < 1.29 is 9.53 Å². The average Bonchev–Trinajstić information content (AvgIpc) is 3.03. The highest BCUT2D eigenvalue weighted by Gasteiger charge is 2.21. The zero-order valence-electron chi connectivity index (χ0n) is 13.2. The fourth-order valence-corrected chi connectivity index (χ4v) is 2.42. The number of aromatic amines is 2. The Bertz CT molecular complexity index is 911. The lowest BCUT2D eigenvalue weighted by atomic mass is 10.1. The van der Waals surface area contributed by atoms with Gasteiger partial charge < -0.3 is 4.74 Å². The molecule has 0 aliphatic heterocycles. The van der Waals surface area contributed by atoms with E-state index >= 15 is 0 Å². The molecule has 0 atom stereocenters. The van der Waals surface area contributed by atoms with Gasteiger partial charge in [0, 0.05) is 18.0 Å². The molecule has 0 saturated heterocycles. The summed E-state index contributed by atoms with van der Waals surface area (Å²) in [5.74, 6) is 0. The molecule has 7 nitrogen and oxygen atoms in total. The minimum Gasteiger partial charge on any atom is -0.443 e. The van der Waals surface area contributed by atoms with Crippen molar-refractivity contribution in [3.63, 3.8) is 0 Å². The van der Waals surface area contributed by atoms with Crippen LogP contribution >= 0.6 is 0 Å². The standard InChI is InChI=1S/C16H18N4O3/c1-16(2,3)23-15(22)20-9-10(8-12-14(21)18-19-17-12)11-6-4-5-7-13(11)20/h4-7,9H,8H2,1-3H3,(H2,17,18,19,21). The fraction of sp³-hybridized carbons (Fsp3) is 0.312. The molecule has 0 bridgehead atoms. The summed E-state index contributed by atoms with van der Waals surface area (Å²) in [7, 11) is 0. The van der Waals surface area contributed by atoms with Crippen LogP contribution in [-0.4, -0.2) is 31.7 Å². The average molecular weight is 314 g/mol. The number of carbonyl (C=O) groups is 1. The summed E-state index contributed by atoms with van der Waals surface area (Å²) in [6.45, 7) is 5.46. The summed E-state index contributed by atoms with van der Waals surface area (Å²) >= 11 is 0. The number of benzene rings is 1. The lowest BCUT2D eigenvalue weighted by molar-refractivity contribution is 0.0544. The number of nitrogens with zero attached hydrogens (tertiary/aromatic N) is 2. The molecule has 1 aromatic carbocycles. The molecule has 2 heterocycles. The molecule has 0 saturated carbocycles.